The second-order valence-electron chi connectivity index (χ2n) is 7.76. The number of alkyl halides is 1. The molecule has 4 rings (SSSR count). The standard InChI is InChI=1S/C23H17Cl2F2N5O2/c1-29-18-5-2-12(6-16(18)25)7-20(33)31-10-14(9-26)32-19(11-31)21(23(28)34)22(30-32)13-3-4-17(27)15(24)8-13/h2-6,8,14H,7,9-11H2,(H2,28,34). The molecule has 2 aromatic carbocycles. The van der Waals surface area contributed by atoms with Crippen LogP contribution in [0.5, 0.6) is 0 Å². The van der Waals surface area contributed by atoms with E-state index in [1.54, 1.807) is 12.1 Å². The molecule has 7 nitrogen and oxygen atoms in total. The van der Waals surface area contributed by atoms with Crippen LogP contribution in [0.25, 0.3) is 16.1 Å². The minimum absolute atomic E-state index is 0.0167. The third-order valence-electron chi connectivity index (χ3n) is 5.59. The van der Waals surface area contributed by atoms with Crippen LogP contribution >= 0.6 is 23.2 Å². The van der Waals surface area contributed by atoms with Crippen molar-refractivity contribution in [3.05, 3.63) is 80.5 Å². The van der Waals surface area contributed by atoms with E-state index in [2.05, 4.69) is 9.94 Å². The van der Waals surface area contributed by atoms with Crippen molar-refractivity contribution in [1.82, 2.24) is 14.7 Å². The fourth-order valence-electron chi connectivity index (χ4n) is 3.95. The molecule has 1 aliphatic heterocycles. The van der Waals surface area contributed by atoms with Gasteiger partial charge in [0.2, 0.25) is 11.6 Å². The number of amides is 2. The topological polar surface area (TPSA) is 85.6 Å². The Morgan fingerprint density at radius 2 is 1.97 bits per heavy atom. The molecule has 1 aliphatic rings. The number of primary amides is 1. The number of nitrogens with two attached hydrogens (primary N) is 1. The highest BCUT2D eigenvalue weighted by atomic mass is 35.5. The van der Waals surface area contributed by atoms with E-state index in [9.17, 15) is 18.4 Å². The van der Waals surface area contributed by atoms with Crippen LogP contribution in [0.4, 0.5) is 14.5 Å². The molecule has 2 heterocycles. The minimum Gasteiger partial charge on any atom is -0.365 e. The molecule has 1 unspecified atom stereocenters. The quantitative estimate of drug-likeness (QED) is 0.510. The van der Waals surface area contributed by atoms with Gasteiger partial charge in [0.1, 0.15) is 18.2 Å². The van der Waals surface area contributed by atoms with E-state index in [-0.39, 0.29) is 58.1 Å². The second kappa shape index (κ2) is 9.41. The highest BCUT2D eigenvalue weighted by Gasteiger charge is 2.34. The number of hydrogen-bond donors (Lipinski definition) is 1. The lowest BCUT2D eigenvalue weighted by atomic mass is 10.0. The Bertz CT molecular complexity index is 1350. The molecule has 0 saturated heterocycles. The van der Waals surface area contributed by atoms with Crippen LogP contribution in [0.2, 0.25) is 10.0 Å². The van der Waals surface area contributed by atoms with E-state index in [4.69, 9.17) is 35.5 Å². The van der Waals surface area contributed by atoms with E-state index >= 15 is 0 Å². The molecule has 1 aromatic heterocycles. The van der Waals surface area contributed by atoms with Gasteiger partial charge in [0.05, 0.1) is 41.9 Å². The number of benzene rings is 2. The molecule has 2 N–H and O–H groups in total. The highest BCUT2D eigenvalue weighted by molar-refractivity contribution is 6.33. The molecule has 174 valence electrons. The van der Waals surface area contributed by atoms with Gasteiger partial charge in [-0.25, -0.2) is 13.6 Å². The molecular formula is C23H17Cl2F2N5O2. The lowest BCUT2D eigenvalue weighted by Crippen LogP contribution is -2.43. The molecule has 0 aliphatic carbocycles. The van der Waals surface area contributed by atoms with Crippen LogP contribution < -0.4 is 5.73 Å². The van der Waals surface area contributed by atoms with E-state index in [0.29, 0.717) is 11.1 Å². The number of nitrogens with zero attached hydrogens (tertiary/aromatic N) is 4. The van der Waals surface area contributed by atoms with Crippen molar-refractivity contribution < 1.29 is 18.4 Å². The third kappa shape index (κ3) is 4.34. The summed E-state index contributed by atoms with van der Waals surface area (Å²) in [6.45, 7) is 6.23. The first kappa shape index (κ1) is 23.7. The molecule has 11 heteroatoms. The van der Waals surface area contributed by atoms with Crippen LogP contribution in [0, 0.1) is 12.4 Å². The van der Waals surface area contributed by atoms with Crippen LogP contribution in [-0.2, 0) is 17.8 Å². The Labute approximate surface area is 203 Å². The zero-order valence-electron chi connectivity index (χ0n) is 17.6. The fourth-order valence-corrected chi connectivity index (χ4v) is 4.37. The summed E-state index contributed by atoms with van der Waals surface area (Å²) in [5, 5.41) is 4.45. The van der Waals surface area contributed by atoms with Gasteiger partial charge in [0, 0.05) is 17.1 Å². The van der Waals surface area contributed by atoms with Gasteiger partial charge in [-0.15, -0.1) is 0 Å². The largest absolute Gasteiger partial charge is 0.365 e. The van der Waals surface area contributed by atoms with Gasteiger partial charge < -0.3 is 10.6 Å². The van der Waals surface area contributed by atoms with Gasteiger partial charge in [-0.2, -0.15) is 5.10 Å². The third-order valence-corrected chi connectivity index (χ3v) is 6.18. The Morgan fingerprint density at radius 3 is 2.59 bits per heavy atom. The smallest absolute Gasteiger partial charge is 0.252 e. The van der Waals surface area contributed by atoms with Crippen LogP contribution in [-0.4, -0.2) is 39.7 Å². The molecule has 2 amide bonds. The lowest BCUT2D eigenvalue weighted by Gasteiger charge is -2.33. The van der Waals surface area contributed by atoms with Crippen molar-refractivity contribution in [3.8, 4) is 11.3 Å². The van der Waals surface area contributed by atoms with E-state index in [1.165, 1.54) is 27.8 Å². The van der Waals surface area contributed by atoms with Gasteiger partial charge in [0.15, 0.2) is 0 Å². The Morgan fingerprint density at radius 1 is 1.21 bits per heavy atom. The van der Waals surface area contributed by atoms with Crippen LogP contribution in [0.3, 0.4) is 0 Å². The molecule has 0 spiro atoms. The maximum Gasteiger partial charge on any atom is 0.252 e. The minimum atomic E-state index is -0.844. The average molecular weight is 504 g/mol. The SMILES string of the molecule is [C-]#[N+]c1ccc(CC(=O)N2Cc3c(C(N)=O)c(-c4ccc(F)c(Cl)c4)nn3C(CF)C2)cc1Cl. The summed E-state index contributed by atoms with van der Waals surface area (Å²) in [5.74, 6) is -1.78. The summed E-state index contributed by atoms with van der Waals surface area (Å²) in [6.07, 6.45) is -0.0303. The number of hydrogen-bond acceptors (Lipinski definition) is 3. The van der Waals surface area contributed by atoms with Crippen molar-refractivity contribution in [2.75, 3.05) is 13.2 Å². The number of carbonyl (C=O) groups excluding carboxylic acids is 2. The van der Waals surface area contributed by atoms with E-state index in [1.807, 2.05) is 0 Å². The summed E-state index contributed by atoms with van der Waals surface area (Å²) in [6, 6.07) is 7.69. The molecular weight excluding hydrogens is 487 g/mol. The van der Waals surface area contributed by atoms with Crippen molar-refractivity contribution in [2.24, 2.45) is 5.73 Å². The number of rotatable bonds is 5. The summed E-state index contributed by atoms with van der Waals surface area (Å²) in [7, 11) is 0. The van der Waals surface area contributed by atoms with Gasteiger partial charge in [0.25, 0.3) is 5.91 Å². The van der Waals surface area contributed by atoms with E-state index in [0.717, 1.165) is 6.07 Å². The molecule has 1 atom stereocenters. The Balaban J connectivity index is 1.69. The van der Waals surface area contributed by atoms with E-state index < -0.39 is 24.4 Å². The van der Waals surface area contributed by atoms with Crippen LogP contribution in [0.15, 0.2) is 36.4 Å². The maximum atomic E-state index is 14.0. The van der Waals surface area contributed by atoms with Gasteiger partial charge in [-0.05, 0) is 23.8 Å². The van der Waals surface area contributed by atoms with Gasteiger partial charge in [-0.3, -0.25) is 14.3 Å². The molecule has 0 fully saturated rings. The zero-order chi connectivity index (χ0) is 24.6. The second-order valence-corrected chi connectivity index (χ2v) is 8.58. The van der Waals surface area contributed by atoms with Crippen molar-refractivity contribution >= 4 is 40.7 Å². The van der Waals surface area contributed by atoms with Crippen LogP contribution in [0.1, 0.15) is 27.7 Å². The molecule has 0 saturated carbocycles. The number of halogens is 4. The number of carbonyl (C=O) groups is 2. The molecule has 3 aromatic rings. The summed E-state index contributed by atoms with van der Waals surface area (Å²) >= 11 is 12.0. The van der Waals surface area contributed by atoms with Crippen molar-refractivity contribution in [3.63, 3.8) is 0 Å². The fraction of sp³-hybridized carbons (Fsp3) is 0.217. The zero-order valence-corrected chi connectivity index (χ0v) is 19.1. The lowest BCUT2D eigenvalue weighted by molar-refractivity contribution is -0.132. The first-order valence-corrected chi connectivity index (χ1v) is 10.8. The monoisotopic (exact) mass is 503 g/mol. The number of aromatic nitrogens is 2. The summed E-state index contributed by atoms with van der Waals surface area (Å²) < 4.78 is 29.0. The molecule has 0 radical (unpaired) electrons. The summed E-state index contributed by atoms with van der Waals surface area (Å²) in [5.41, 5.74) is 7.27. The molecule has 34 heavy (non-hydrogen) atoms. The maximum absolute atomic E-state index is 14.0. The van der Waals surface area contributed by atoms with Gasteiger partial charge in [-0.1, -0.05) is 41.4 Å². The normalized spacial score (nSPS) is 15.0. The van der Waals surface area contributed by atoms with Crippen molar-refractivity contribution in [2.45, 2.75) is 19.0 Å². The average Bonchev–Trinajstić information content (AvgIpc) is 3.20. The highest BCUT2D eigenvalue weighted by Crippen LogP contribution is 2.34. The Hall–Kier alpha value is -3.48. The first-order chi connectivity index (χ1) is 16.2. The Kier molecular flexibility index (Phi) is 6.55. The summed E-state index contributed by atoms with van der Waals surface area (Å²) in [4.78, 5) is 30.1. The predicted molar refractivity (Wildman–Crippen MR) is 123 cm³/mol. The first-order valence-electron chi connectivity index (χ1n) is 10.1. The van der Waals surface area contributed by atoms with Gasteiger partial charge >= 0.3 is 0 Å². The molecule has 0 bridgehead atoms. The predicted octanol–water partition coefficient (Wildman–Crippen LogP) is 4.74. The van der Waals surface area contributed by atoms with Crippen molar-refractivity contribution in [1.29, 1.82) is 0 Å². The number of fused-ring (bicyclic) bond motifs is 1.